The van der Waals surface area contributed by atoms with Gasteiger partial charge in [-0.2, -0.15) is 0 Å². The highest BCUT2D eigenvalue weighted by molar-refractivity contribution is 6.27. The van der Waals surface area contributed by atoms with E-state index in [9.17, 15) is 4.79 Å². The molecule has 22 heavy (non-hydrogen) atoms. The first-order valence-electron chi connectivity index (χ1n) is 8.46. The molecule has 1 saturated heterocycles. The van der Waals surface area contributed by atoms with E-state index >= 15 is 0 Å². The van der Waals surface area contributed by atoms with Crippen molar-refractivity contribution in [1.82, 2.24) is 4.90 Å². The number of alkyl halides is 1. The van der Waals surface area contributed by atoms with Crippen molar-refractivity contribution in [3.8, 4) is 0 Å². The molecule has 3 rings (SSSR count). The molecule has 0 unspecified atom stereocenters. The average molecular weight is 321 g/mol. The van der Waals surface area contributed by atoms with Crippen LogP contribution < -0.4 is 4.90 Å². The van der Waals surface area contributed by atoms with E-state index < -0.39 is 0 Å². The lowest BCUT2D eigenvalue weighted by atomic mass is 9.84. The first-order chi connectivity index (χ1) is 10.8. The second-order valence-corrected chi connectivity index (χ2v) is 6.70. The number of hydrogen-bond acceptors (Lipinski definition) is 2. The summed E-state index contributed by atoms with van der Waals surface area (Å²) in [5.41, 5.74) is 2.77. The zero-order valence-electron chi connectivity index (χ0n) is 13.1. The molecule has 3 nitrogen and oxygen atoms in total. The van der Waals surface area contributed by atoms with E-state index in [-0.39, 0.29) is 11.8 Å². The Bertz CT molecular complexity index is 488. The van der Waals surface area contributed by atoms with Crippen molar-refractivity contribution in [3.63, 3.8) is 0 Å². The number of nitrogens with zero attached hydrogens (tertiary/aromatic N) is 2. The second-order valence-electron chi connectivity index (χ2n) is 6.43. The molecule has 0 bridgehead atoms. The molecule has 1 aliphatic carbocycles. The van der Waals surface area contributed by atoms with Crippen LogP contribution in [0.15, 0.2) is 24.3 Å². The van der Waals surface area contributed by atoms with Crippen LogP contribution in [0.1, 0.15) is 43.6 Å². The smallest absolute Gasteiger partial charge is 0.237 e. The average Bonchev–Trinajstić information content (AvgIpc) is 2.62. The molecule has 4 heteroatoms. The minimum absolute atomic E-state index is 0.0500. The van der Waals surface area contributed by atoms with E-state index in [2.05, 4.69) is 29.2 Å². The molecular formula is C18H25ClN2O. The predicted octanol–water partition coefficient (Wildman–Crippen LogP) is 3.62. The van der Waals surface area contributed by atoms with Gasteiger partial charge in [-0.1, -0.05) is 31.4 Å². The minimum atomic E-state index is 0.0500. The maximum Gasteiger partial charge on any atom is 0.237 e. The van der Waals surface area contributed by atoms with Crippen LogP contribution >= 0.6 is 11.6 Å². The van der Waals surface area contributed by atoms with Gasteiger partial charge in [0, 0.05) is 31.9 Å². The summed E-state index contributed by atoms with van der Waals surface area (Å²) < 4.78 is 0. The summed E-state index contributed by atoms with van der Waals surface area (Å²) in [6.45, 7) is 3.34. The van der Waals surface area contributed by atoms with Gasteiger partial charge in [-0.25, -0.2) is 0 Å². The number of carbonyl (C=O) groups is 1. The van der Waals surface area contributed by atoms with E-state index in [1.54, 1.807) is 0 Å². The van der Waals surface area contributed by atoms with Crippen molar-refractivity contribution in [3.05, 3.63) is 29.8 Å². The van der Waals surface area contributed by atoms with Crippen molar-refractivity contribution in [2.24, 2.45) is 0 Å². The van der Waals surface area contributed by atoms with Crippen LogP contribution in [-0.2, 0) is 4.79 Å². The highest BCUT2D eigenvalue weighted by atomic mass is 35.5. The highest BCUT2D eigenvalue weighted by Crippen LogP contribution is 2.33. The molecular weight excluding hydrogens is 296 g/mol. The van der Waals surface area contributed by atoms with Gasteiger partial charge in [-0.3, -0.25) is 4.79 Å². The molecule has 1 aromatic carbocycles. The lowest BCUT2D eigenvalue weighted by molar-refractivity contribution is -0.128. The fourth-order valence-electron chi connectivity index (χ4n) is 3.69. The summed E-state index contributed by atoms with van der Waals surface area (Å²) >= 11 is 5.63. The molecule has 0 spiro atoms. The largest absolute Gasteiger partial charge is 0.368 e. The standard InChI is InChI=1S/C18H25ClN2O/c19-14-18(22)21-12-10-20(11-13-21)17-8-6-16(7-9-17)15-4-2-1-3-5-15/h6-9,15H,1-5,10-14H2. The molecule has 1 aromatic rings. The van der Waals surface area contributed by atoms with Crippen LogP contribution in [0.2, 0.25) is 0 Å². The highest BCUT2D eigenvalue weighted by Gasteiger charge is 2.21. The van der Waals surface area contributed by atoms with Crippen LogP contribution in [-0.4, -0.2) is 42.9 Å². The molecule has 1 aliphatic heterocycles. The summed E-state index contributed by atoms with van der Waals surface area (Å²) in [6.07, 6.45) is 6.85. The van der Waals surface area contributed by atoms with Gasteiger partial charge in [0.1, 0.15) is 5.88 Å². The molecule has 0 N–H and O–H groups in total. The number of hydrogen-bond donors (Lipinski definition) is 0. The lowest BCUT2D eigenvalue weighted by Gasteiger charge is -2.36. The van der Waals surface area contributed by atoms with Gasteiger partial charge in [0.15, 0.2) is 0 Å². The van der Waals surface area contributed by atoms with Crippen LogP contribution in [0, 0.1) is 0 Å². The first kappa shape index (κ1) is 15.7. The maximum atomic E-state index is 11.6. The van der Waals surface area contributed by atoms with Gasteiger partial charge >= 0.3 is 0 Å². The topological polar surface area (TPSA) is 23.6 Å². The van der Waals surface area contributed by atoms with Crippen molar-refractivity contribution in [2.75, 3.05) is 37.0 Å². The summed E-state index contributed by atoms with van der Waals surface area (Å²) in [5.74, 6) is 0.908. The Labute approximate surface area is 138 Å². The van der Waals surface area contributed by atoms with Gasteiger partial charge < -0.3 is 9.80 Å². The second kappa shape index (κ2) is 7.36. The Morgan fingerprint density at radius 2 is 1.64 bits per heavy atom. The fourth-order valence-corrected chi connectivity index (χ4v) is 3.86. The van der Waals surface area contributed by atoms with E-state index in [1.807, 2.05) is 4.90 Å². The molecule has 2 aliphatic rings. The molecule has 0 aromatic heterocycles. The van der Waals surface area contributed by atoms with Crippen LogP contribution in [0.25, 0.3) is 0 Å². The number of amides is 1. The van der Waals surface area contributed by atoms with Crippen molar-refractivity contribution in [2.45, 2.75) is 38.0 Å². The van der Waals surface area contributed by atoms with Gasteiger partial charge in [0.2, 0.25) is 5.91 Å². The molecule has 2 fully saturated rings. The van der Waals surface area contributed by atoms with E-state index in [4.69, 9.17) is 11.6 Å². The van der Waals surface area contributed by atoms with Gasteiger partial charge in [0.25, 0.3) is 0 Å². The van der Waals surface area contributed by atoms with Crippen molar-refractivity contribution in [1.29, 1.82) is 0 Å². The zero-order valence-corrected chi connectivity index (χ0v) is 13.9. The van der Waals surface area contributed by atoms with Crippen molar-refractivity contribution < 1.29 is 4.79 Å². The Morgan fingerprint density at radius 1 is 1.00 bits per heavy atom. The van der Waals surface area contributed by atoms with Gasteiger partial charge in [-0.15, -0.1) is 11.6 Å². The third-order valence-corrected chi connectivity index (χ3v) is 5.31. The third-order valence-electron chi connectivity index (χ3n) is 5.08. The van der Waals surface area contributed by atoms with Crippen molar-refractivity contribution >= 4 is 23.2 Å². The van der Waals surface area contributed by atoms with E-state index in [0.29, 0.717) is 0 Å². The quantitative estimate of drug-likeness (QED) is 0.794. The number of carbonyl (C=O) groups excluding carboxylic acids is 1. The molecule has 1 saturated carbocycles. The Kier molecular flexibility index (Phi) is 5.24. The number of piperazine rings is 1. The van der Waals surface area contributed by atoms with Crippen LogP contribution in [0.5, 0.6) is 0 Å². The minimum Gasteiger partial charge on any atom is -0.368 e. The number of rotatable bonds is 3. The lowest BCUT2D eigenvalue weighted by Crippen LogP contribution is -2.49. The predicted molar refractivity (Wildman–Crippen MR) is 91.8 cm³/mol. The third kappa shape index (κ3) is 3.57. The monoisotopic (exact) mass is 320 g/mol. The summed E-state index contributed by atoms with van der Waals surface area (Å²) in [4.78, 5) is 15.8. The van der Waals surface area contributed by atoms with Crippen LogP contribution in [0.3, 0.4) is 0 Å². The number of benzene rings is 1. The first-order valence-corrected chi connectivity index (χ1v) is 9.00. The summed E-state index contributed by atoms with van der Waals surface area (Å²) in [6, 6.07) is 9.12. The Morgan fingerprint density at radius 3 is 2.23 bits per heavy atom. The number of halogens is 1. The zero-order chi connectivity index (χ0) is 15.4. The molecule has 0 radical (unpaired) electrons. The maximum absolute atomic E-state index is 11.6. The molecule has 1 heterocycles. The fraction of sp³-hybridized carbons (Fsp3) is 0.611. The molecule has 0 atom stereocenters. The molecule has 1 amide bonds. The summed E-state index contributed by atoms with van der Waals surface area (Å²) in [5, 5.41) is 0. The number of anilines is 1. The molecule has 120 valence electrons. The summed E-state index contributed by atoms with van der Waals surface area (Å²) in [7, 11) is 0. The SMILES string of the molecule is O=C(CCl)N1CCN(c2ccc(C3CCCCC3)cc2)CC1. The van der Waals surface area contributed by atoms with E-state index in [1.165, 1.54) is 43.4 Å². The van der Waals surface area contributed by atoms with Gasteiger partial charge in [0.05, 0.1) is 0 Å². The normalized spacial score (nSPS) is 20.2. The van der Waals surface area contributed by atoms with Crippen LogP contribution in [0.4, 0.5) is 5.69 Å². The Hall–Kier alpha value is -1.22. The van der Waals surface area contributed by atoms with E-state index in [0.717, 1.165) is 32.1 Å². The van der Waals surface area contributed by atoms with Gasteiger partial charge in [-0.05, 0) is 36.5 Å². The Balaban J connectivity index is 1.58.